The molecule has 1 amide bonds. The van der Waals surface area contributed by atoms with Crippen molar-refractivity contribution in [2.24, 2.45) is 0 Å². The molecule has 1 N–H and O–H groups in total. The van der Waals surface area contributed by atoms with E-state index in [1.807, 2.05) is 41.1 Å². The predicted octanol–water partition coefficient (Wildman–Crippen LogP) is 3.96. The van der Waals surface area contributed by atoms with Gasteiger partial charge in [-0.25, -0.2) is 0 Å². The molecule has 0 saturated heterocycles. The van der Waals surface area contributed by atoms with E-state index in [1.165, 1.54) is 16.2 Å². The van der Waals surface area contributed by atoms with Crippen LogP contribution >= 0.6 is 22.7 Å². The topological polar surface area (TPSA) is 42.2 Å². The third kappa shape index (κ3) is 2.84. The zero-order chi connectivity index (χ0) is 13.8. The normalized spacial score (nSPS) is 12.2. The second kappa shape index (κ2) is 6.07. The van der Waals surface area contributed by atoms with Gasteiger partial charge in [0.25, 0.3) is 5.91 Å². The minimum Gasteiger partial charge on any atom is -0.469 e. The Labute approximate surface area is 124 Å². The van der Waals surface area contributed by atoms with Gasteiger partial charge in [-0.05, 0) is 35.0 Å². The van der Waals surface area contributed by atoms with Crippen LogP contribution in [0.25, 0.3) is 0 Å². The van der Waals surface area contributed by atoms with Gasteiger partial charge in [-0.1, -0.05) is 12.1 Å². The summed E-state index contributed by atoms with van der Waals surface area (Å²) in [5, 5.41) is 6.91. The van der Waals surface area contributed by atoms with Gasteiger partial charge in [0.1, 0.15) is 5.76 Å². The van der Waals surface area contributed by atoms with Gasteiger partial charge in [0.2, 0.25) is 0 Å². The Bertz CT molecular complexity index is 608. The summed E-state index contributed by atoms with van der Waals surface area (Å²) in [7, 11) is 0. The molecule has 0 aliphatic rings. The number of rotatable bonds is 5. The number of amides is 1. The van der Waals surface area contributed by atoms with Gasteiger partial charge in [-0.3, -0.25) is 4.79 Å². The van der Waals surface area contributed by atoms with Crippen molar-refractivity contribution in [3.63, 3.8) is 0 Å². The number of nitrogens with one attached hydrogen (secondary N) is 1. The number of hydrogen-bond donors (Lipinski definition) is 1. The van der Waals surface area contributed by atoms with E-state index in [1.54, 1.807) is 17.6 Å². The molecule has 3 aromatic rings. The molecule has 0 unspecified atom stereocenters. The Balaban J connectivity index is 1.73. The van der Waals surface area contributed by atoms with Crippen molar-refractivity contribution in [3.8, 4) is 0 Å². The van der Waals surface area contributed by atoms with Crippen LogP contribution in [-0.4, -0.2) is 12.5 Å². The Morgan fingerprint density at radius 1 is 1.15 bits per heavy atom. The molecule has 5 heteroatoms. The van der Waals surface area contributed by atoms with Crippen molar-refractivity contribution < 1.29 is 9.21 Å². The van der Waals surface area contributed by atoms with Crippen LogP contribution in [0.3, 0.4) is 0 Å². The molecule has 3 aromatic heterocycles. The maximum atomic E-state index is 12.0. The van der Waals surface area contributed by atoms with E-state index in [2.05, 4.69) is 11.4 Å². The van der Waals surface area contributed by atoms with Crippen LogP contribution < -0.4 is 5.32 Å². The smallest absolute Gasteiger partial charge is 0.261 e. The van der Waals surface area contributed by atoms with Crippen LogP contribution in [0.2, 0.25) is 0 Å². The predicted molar refractivity (Wildman–Crippen MR) is 81.5 cm³/mol. The molecule has 102 valence electrons. The second-order valence-electron chi connectivity index (χ2n) is 4.27. The Kier molecular flexibility index (Phi) is 3.99. The van der Waals surface area contributed by atoms with E-state index in [4.69, 9.17) is 4.42 Å². The molecule has 3 nitrogen and oxygen atoms in total. The first-order valence-electron chi connectivity index (χ1n) is 6.23. The molecule has 3 heterocycles. The molecule has 0 aliphatic carbocycles. The van der Waals surface area contributed by atoms with Gasteiger partial charge in [-0.15, -0.1) is 22.7 Å². The number of thiophene rings is 2. The zero-order valence-corrected chi connectivity index (χ0v) is 12.2. The molecule has 1 atom stereocenters. The fourth-order valence-corrected chi connectivity index (χ4v) is 3.49. The number of hydrogen-bond acceptors (Lipinski definition) is 4. The fraction of sp³-hybridized carbons (Fsp3) is 0.133. The molecule has 0 fully saturated rings. The first kappa shape index (κ1) is 13.1. The van der Waals surface area contributed by atoms with Crippen molar-refractivity contribution in [1.29, 1.82) is 0 Å². The molecular formula is C15H13NO2S2. The van der Waals surface area contributed by atoms with Crippen LogP contribution in [-0.2, 0) is 0 Å². The van der Waals surface area contributed by atoms with Gasteiger partial charge in [0.15, 0.2) is 0 Å². The highest BCUT2D eigenvalue weighted by atomic mass is 32.1. The molecular weight excluding hydrogens is 290 g/mol. The highest BCUT2D eigenvalue weighted by Gasteiger charge is 2.19. The lowest BCUT2D eigenvalue weighted by molar-refractivity contribution is 0.0956. The largest absolute Gasteiger partial charge is 0.469 e. The van der Waals surface area contributed by atoms with Gasteiger partial charge in [-0.2, -0.15) is 0 Å². The minimum absolute atomic E-state index is 0.0342. The summed E-state index contributed by atoms with van der Waals surface area (Å²) < 4.78 is 5.50. The molecule has 0 aliphatic heterocycles. The average Bonchev–Trinajstić information content (AvgIpc) is 3.22. The van der Waals surface area contributed by atoms with Crippen LogP contribution in [0, 0.1) is 0 Å². The van der Waals surface area contributed by atoms with Gasteiger partial charge in [0.05, 0.1) is 17.1 Å². The minimum atomic E-state index is -0.0342. The molecule has 0 spiro atoms. The van der Waals surface area contributed by atoms with Crippen molar-refractivity contribution in [2.45, 2.75) is 5.92 Å². The Morgan fingerprint density at radius 2 is 2.00 bits per heavy atom. The number of carbonyl (C=O) groups excluding carboxylic acids is 1. The summed E-state index contributed by atoms with van der Waals surface area (Å²) >= 11 is 3.11. The van der Waals surface area contributed by atoms with Crippen molar-refractivity contribution >= 4 is 28.6 Å². The summed E-state index contributed by atoms with van der Waals surface area (Å²) in [6.07, 6.45) is 1.66. The zero-order valence-electron chi connectivity index (χ0n) is 10.6. The Morgan fingerprint density at radius 3 is 2.65 bits per heavy atom. The van der Waals surface area contributed by atoms with Gasteiger partial charge >= 0.3 is 0 Å². The summed E-state index contributed by atoms with van der Waals surface area (Å²) in [5.41, 5.74) is 0. The third-order valence-electron chi connectivity index (χ3n) is 2.98. The summed E-state index contributed by atoms with van der Waals surface area (Å²) in [5.74, 6) is 0.904. The van der Waals surface area contributed by atoms with E-state index in [0.717, 1.165) is 10.6 Å². The first-order chi connectivity index (χ1) is 9.84. The Hall–Kier alpha value is -1.85. The van der Waals surface area contributed by atoms with E-state index in [0.29, 0.717) is 6.54 Å². The van der Waals surface area contributed by atoms with Gasteiger partial charge in [0, 0.05) is 11.4 Å². The maximum absolute atomic E-state index is 12.0. The van der Waals surface area contributed by atoms with E-state index >= 15 is 0 Å². The van der Waals surface area contributed by atoms with Crippen molar-refractivity contribution in [3.05, 3.63) is 68.9 Å². The lowest BCUT2D eigenvalue weighted by atomic mass is 10.0. The van der Waals surface area contributed by atoms with Crippen molar-refractivity contribution in [2.75, 3.05) is 6.54 Å². The molecule has 0 bridgehead atoms. The summed E-state index contributed by atoms with van der Waals surface area (Å²) in [4.78, 5) is 13.9. The maximum Gasteiger partial charge on any atom is 0.261 e. The summed E-state index contributed by atoms with van der Waals surface area (Å²) in [6.45, 7) is 0.533. The molecule has 0 saturated carbocycles. The average molecular weight is 303 g/mol. The van der Waals surface area contributed by atoms with E-state index in [9.17, 15) is 4.79 Å². The fourth-order valence-electron chi connectivity index (χ4n) is 2.01. The standard InChI is InChI=1S/C15H13NO2S2/c17-15(14-6-3-9-20-14)16-10-11(12-4-1-7-18-12)13-5-2-8-19-13/h1-9,11H,10H2,(H,16,17)/t11-/m0/s1. The highest BCUT2D eigenvalue weighted by molar-refractivity contribution is 7.12. The van der Waals surface area contributed by atoms with Crippen LogP contribution in [0.15, 0.2) is 57.8 Å². The van der Waals surface area contributed by atoms with Crippen LogP contribution in [0.1, 0.15) is 26.2 Å². The lowest BCUT2D eigenvalue weighted by Gasteiger charge is -2.13. The monoisotopic (exact) mass is 303 g/mol. The number of furan rings is 1. The van der Waals surface area contributed by atoms with Gasteiger partial charge < -0.3 is 9.73 Å². The quantitative estimate of drug-likeness (QED) is 0.775. The lowest BCUT2D eigenvalue weighted by Crippen LogP contribution is -2.27. The third-order valence-corrected chi connectivity index (χ3v) is 4.84. The van der Waals surface area contributed by atoms with Crippen molar-refractivity contribution in [1.82, 2.24) is 5.32 Å². The number of carbonyl (C=O) groups is 1. The van der Waals surface area contributed by atoms with E-state index < -0.39 is 0 Å². The van der Waals surface area contributed by atoms with E-state index in [-0.39, 0.29) is 11.8 Å². The van der Waals surface area contributed by atoms with Crippen LogP contribution in [0.4, 0.5) is 0 Å². The summed E-state index contributed by atoms with van der Waals surface area (Å²) in [6, 6.07) is 11.6. The van der Waals surface area contributed by atoms with Crippen LogP contribution in [0.5, 0.6) is 0 Å². The molecule has 0 aromatic carbocycles. The molecule has 3 rings (SSSR count). The second-order valence-corrected chi connectivity index (χ2v) is 6.20. The first-order valence-corrected chi connectivity index (χ1v) is 7.99. The molecule has 20 heavy (non-hydrogen) atoms. The SMILES string of the molecule is O=C(NC[C@@H](c1ccco1)c1cccs1)c1cccs1. The molecule has 0 radical (unpaired) electrons. The highest BCUT2D eigenvalue weighted by Crippen LogP contribution is 2.28.